The van der Waals surface area contributed by atoms with E-state index in [0.717, 1.165) is 45.0 Å². The Morgan fingerprint density at radius 3 is 2.55 bits per heavy atom. The number of benzene rings is 2. The Balaban J connectivity index is 1.31. The van der Waals surface area contributed by atoms with E-state index in [1.165, 1.54) is 23.9 Å². The SMILES string of the molecule is N[C@H](CNC1NC(c2ccc(F)c(F)c2)=C(c2ccc3cnccc3c2)S1)CC1=CC=C(C(F)(F)F)CC1. The van der Waals surface area contributed by atoms with E-state index in [4.69, 9.17) is 5.73 Å². The molecular weight excluding hydrogens is 519 g/mol. The number of nitrogens with zero attached hydrogens (tertiary/aromatic N) is 1. The Morgan fingerprint density at radius 2 is 1.82 bits per heavy atom. The molecule has 1 aliphatic carbocycles. The Bertz CT molecular complexity index is 1450. The van der Waals surface area contributed by atoms with Crippen LogP contribution in [0.25, 0.3) is 21.4 Å². The lowest BCUT2D eigenvalue weighted by Crippen LogP contribution is -2.43. The molecule has 0 bridgehead atoms. The van der Waals surface area contributed by atoms with Crippen LogP contribution in [0, 0.1) is 11.6 Å². The first kappa shape index (κ1) is 26.4. The third kappa shape index (κ3) is 5.92. The van der Waals surface area contributed by atoms with Gasteiger partial charge in [0.25, 0.3) is 0 Å². The van der Waals surface area contributed by atoms with Crippen LogP contribution in [0.15, 0.2) is 78.2 Å². The number of halogens is 5. The molecule has 38 heavy (non-hydrogen) atoms. The van der Waals surface area contributed by atoms with Crippen LogP contribution < -0.4 is 16.4 Å². The number of alkyl halides is 3. The normalized spacial score (nSPS) is 18.8. The molecule has 0 saturated heterocycles. The number of hydrogen-bond donors (Lipinski definition) is 3. The van der Waals surface area contributed by atoms with Crippen molar-refractivity contribution in [2.45, 2.75) is 37.0 Å². The maximum atomic E-state index is 14.1. The molecule has 198 valence electrons. The monoisotopic (exact) mass is 544 g/mol. The maximum absolute atomic E-state index is 14.1. The second kappa shape index (κ2) is 10.9. The van der Waals surface area contributed by atoms with Crippen molar-refractivity contribution >= 4 is 33.1 Å². The van der Waals surface area contributed by atoms with E-state index < -0.39 is 23.4 Å². The number of pyridine rings is 1. The van der Waals surface area contributed by atoms with Gasteiger partial charge in [0.15, 0.2) is 11.6 Å². The van der Waals surface area contributed by atoms with Crippen LogP contribution in [0.5, 0.6) is 0 Å². The van der Waals surface area contributed by atoms with Gasteiger partial charge in [-0.1, -0.05) is 41.6 Å². The van der Waals surface area contributed by atoms with Crippen molar-refractivity contribution in [3.63, 3.8) is 0 Å². The van der Waals surface area contributed by atoms with Gasteiger partial charge < -0.3 is 11.1 Å². The minimum atomic E-state index is -4.30. The largest absolute Gasteiger partial charge is 0.412 e. The molecular formula is C28H25F5N4S. The second-order valence-corrected chi connectivity index (χ2v) is 10.4. The van der Waals surface area contributed by atoms with Crippen molar-refractivity contribution in [2.75, 3.05) is 6.54 Å². The zero-order valence-corrected chi connectivity index (χ0v) is 21.0. The standard InChI is InChI=1S/C28H25F5N4S/c29-23-8-5-18(13-24(23)30)25-26(19-3-4-20-14-35-10-9-17(20)12-19)38-27(37-25)36-15-22(34)11-16-1-6-21(7-2-16)28(31,32)33/h1,3-6,8-10,12-14,22,27,36-37H,2,7,11,15,34H2/t22-,27?/m0/s1. The summed E-state index contributed by atoms with van der Waals surface area (Å²) in [6, 6.07) is 11.3. The minimum Gasteiger partial charge on any atom is -0.360 e. The summed E-state index contributed by atoms with van der Waals surface area (Å²) in [6.45, 7) is 0.402. The highest BCUT2D eigenvalue weighted by molar-refractivity contribution is 8.09. The summed E-state index contributed by atoms with van der Waals surface area (Å²) in [5, 5.41) is 8.69. The van der Waals surface area contributed by atoms with Gasteiger partial charge in [-0.15, -0.1) is 0 Å². The fourth-order valence-corrected chi connectivity index (χ4v) is 5.70. The van der Waals surface area contributed by atoms with Crippen LogP contribution in [0.2, 0.25) is 0 Å². The zero-order valence-electron chi connectivity index (χ0n) is 20.2. The summed E-state index contributed by atoms with van der Waals surface area (Å²) in [7, 11) is 0. The van der Waals surface area contributed by atoms with E-state index in [2.05, 4.69) is 15.6 Å². The minimum absolute atomic E-state index is 0.0395. The highest BCUT2D eigenvalue weighted by Gasteiger charge is 2.34. The van der Waals surface area contributed by atoms with Gasteiger partial charge in [-0.3, -0.25) is 10.3 Å². The van der Waals surface area contributed by atoms with Gasteiger partial charge in [0, 0.05) is 46.4 Å². The molecule has 0 saturated carbocycles. The van der Waals surface area contributed by atoms with Crippen molar-refractivity contribution in [2.24, 2.45) is 5.73 Å². The lowest BCUT2D eigenvalue weighted by molar-refractivity contribution is -0.0941. The molecule has 0 radical (unpaired) electrons. The van der Waals surface area contributed by atoms with Crippen molar-refractivity contribution in [3.8, 4) is 0 Å². The van der Waals surface area contributed by atoms with E-state index in [1.807, 2.05) is 24.3 Å². The van der Waals surface area contributed by atoms with E-state index in [-0.39, 0.29) is 18.0 Å². The molecule has 4 nitrogen and oxygen atoms in total. The van der Waals surface area contributed by atoms with Crippen molar-refractivity contribution in [1.82, 2.24) is 15.6 Å². The molecule has 1 aliphatic heterocycles. The molecule has 5 rings (SSSR count). The lowest BCUT2D eigenvalue weighted by Gasteiger charge is -2.21. The van der Waals surface area contributed by atoms with Gasteiger partial charge in [-0.25, -0.2) is 8.78 Å². The summed E-state index contributed by atoms with van der Waals surface area (Å²) < 4.78 is 66.3. The molecule has 2 aliphatic rings. The smallest absolute Gasteiger partial charge is 0.360 e. The molecule has 3 aromatic rings. The highest BCUT2D eigenvalue weighted by atomic mass is 32.2. The summed E-state index contributed by atoms with van der Waals surface area (Å²) in [5.41, 5.74) is 8.44. The molecule has 2 atom stereocenters. The second-order valence-electron chi connectivity index (χ2n) is 9.30. The van der Waals surface area contributed by atoms with Crippen LogP contribution >= 0.6 is 11.8 Å². The van der Waals surface area contributed by atoms with Crippen LogP contribution in [0.3, 0.4) is 0 Å². The fourth-order valence-electron chi connectivity index (χ4n) is 4.55. The molecule has 1 unspecified atom stereocenters. The first-order valence-corrected chi connectivity index (χ1v) is 13.0. The number of rotatable bonds is 7. The number of nitrogens with two attached hydrogens (primary N) is 1. The fraction of sp³-hybridized carbons (Fsp3) is 0.250. The quantitative estimate of drug-likeness (QED) is 0.298. The number of allylic oxidation sites excluding steroid dienone is 3. The van der Waals surface area contributed by atoms with E-state index >= 15 is 0 Å². The molecule has 10 heteroatoms. The van der Waals surface area contributed by atoms with Gasteiger partial charge in [0.05, 0.1) is 5.70 Å². The predicted molar refractivity (Wildman–Crippen MR) is 141 cm³/mol. The summed E-state index contributed by atoms with van der Waals surface area (Å²) in [5.74, 6) is -1.86. The number of aromatic nitrogens is 1. The van der Waals surface area contributed by atoms with Crippen LogP contribution in [0.1, 0.15) is 30.4 Å². The van der Waals surface area contributed by atoms with Crippen molar-refractivity contribution in [3.05, 3.63) is 101 Å². The van der Waals surface area contributed by atoms with Gasteiger partial charge >= 0.3 is 6.18 Å². The first-order chi connectivity index (χ1) is 18.2. The topological polar surface area (TPSA) is 63.0 Å². The highest BCUT2D eigenvalue weighted by Crippen LogP contribution is 2.42. The number of fused-ring (bicyclic) bond motifs is 1. The van der Waals surface area contributed by atoms with Gasteiger partial charge in [-0.05, 0) is 60.5 Å². The Labute approximate surface area is 220 Å². The van der Waals surface area contributed by atoms with Crippen molar-refractivity contribution in [1.29, 1.82) is 0 Å². The van der Waals surface area contributed by atoms with E-state index in [1.54, 1.807) is 12.4 Å². The average molecular weight is 545 g/mol. The van der Waals surface area contributed by atoms with E-state index in [9.17, 15) is 22.0 Å². The molecule has 1 aromatic heterocycles. The first-order valence-electron chi connectivity index (χ1n) is 12.1. The van der Waals surface area contributed by atoms with Crippen LogP contribution in [-0.2, 0) is 0 Å². The summed E-state index contributed by atoms with van der Waals surface area (Å²) in [6.07, 6.45) is 2.61. The number of nitrogens with one attached hydrogen (secondary N) is 2. The average Bonchev–Trinajstić information content (AvgIpc) is 3.33. The van der Waals surface area contributed by atoms with E-state index in [0.29, 0.717) is 30.6 Å². The van der Waals surface area contributed by atoms with Crippen LogP contribution in [-0.4, -0.2) is 29.2 Å². The van der Waals surface area contributed by atoms with Crippen LogP contribution in [0.4, 0.5) is 22.0 Å². The summed E-state index contributed by atoms with van der Waals surface area (Å²) in [4.78, 5) is 5.01. The lowest BCUT2D eigenvalue weighted by atomic mass is 9.94. The zero-order chi connectivity index (χ0) is 26.9. The molecule has 4 N–H and O–H groups in total. The third-order valence-corrected chi connectivity index (χ3v) is 7.73. The Kier molecular flexibility index (Phi) is 7.56. The molecule has 2 aromatic carbocycles. The number of thioether (sulfide) groups is 1. The Hall–Kier alpha value is -3.21. The Morgan fingerprint density at radius 1 is 1.00 bits per heavy atom. The van der Waals surface area contributed by atoms with Gasteiger partial charge in [0.1, 0.15) is 5.50 Å². The summed E-state index contributed by atoms with van der Waals surface area (Å²) >= 11 is 1.50. The molecule has 0 spiro atoms. The van der Waals surface area contributed by atoms with Gasteiger partial charge in [-0.2, -0.15) is 13.2 Å². The van der Waals surface area contributed by atoms with Crippen molar-refractivity contribution < 1.29 is 22.0 Å². The molecule has 2 heterocycles. The molecule has 0 fully saturated rings. The predicted octanol–water partition coefficient (Wildman–Crippen LogP) is 6.47. The molecule has 0 amide bonds. The maximum Gasteiger partial charge on any atom is 0.412 e. The van der Waals surface area contributed by atoms with Gasteiger partial charge in [0.2, 0.25) is 0 Å². The third-order valence-electron chi connectivity index (χ3n) is 6.54. The number of hydrogen-bond acceptors (Lipinski definition) is 5.